The molecule has 0 atom stereocenters. The summed E-state index contributed by atoms with van der Waals surface area (Å²) in [6, 6.07) is 2.68. The lowest BCUT2D eigenvalue weighted by atomic mass is 9.76. The maximum absolute atomic E-state index is 8.91. The van der Waals surface area contributed by atoms with Crippen molar-refractivity contribution in [2.24, 2.45) is 5.41 Å². The minimum atomic E-state index is 0.483. The molecule has 1 aromatic rings. The Morgan fingerprint density at radius 3 is 2.56 bits per heavy atom. The number of hydrogen-bond acceptors (Lipinski definition) is 2. The molecule has 0 radical (unpaired) electrons. The quantitative estimate of drug-likeness (QED) is 0.724. The van der Waals surface area contributed by atoms with Crippen molar-refractivity contribution < 1.29 is 0 Å². The smallest absolute Gasteiger partial charge is 0.103 e. The Bertz CT molecular complexity index is 413. The van der Waals surface area contributed by atoms with Gasteiger partial charge in [0, 0.05) is 6.20 Å². The maximum atomic E-state index is 8.91. The summed E-state index contributed by atoms with van der Waals surface area (Å²) in [6.45, 7) is 6.57. The third kappa shape index (κ3) is 2.11. The van der Waals surface area contributed by atoms with Crippen molar-refractivity contribution in [3.63, 3.8) is 0 Å². The Hall–Kier alpha value is -1.30. The molecule has 3 heteroatoms. The van der Waals surface area contributed by atoms with Crippen LogP contribution in [0.2, 0.25) is 0 Å². The highest BCUT2D eigenvalue weighted by molar-refractivity contribution is 5.29. The highest BCUT2D eigenvalue weighted by atomic mass is 15.3. The molecule has 1 heterocycles. The fourth-order valence-corrected chi connectivity index (χ4v) is 2.43. The van der Waals surface area contributed by atoms with Crippen LogP contribution in [-0.4, -0.2) is 9.78 Å². The van der Waals surface area contributed by atoms with Crippen LogP contribution in [-0.2, 0) is 0 Å². The first kappa shape index (κ1) is 11.2. The van der Waals surface area contributed by atoms with Crippen LogP contribution in [0.5, 0.6) is 0 Å². The molecule has 0 N–H and O–H groups in total. The van der Waals surface area contributed by atoms with E-state index in [0.717, 1.165) is 5.69 Å². The van der Waals surface area contributed by atoms with Gasteiger partial charge in [0.2, 0.25) is 0 Å². The van der Waals surface area contributed by atoms with Crippen molar-refractivity contribution in [3.05, 3.63) is 17.5 Å². The van der Waals surface area contributed by atoms with Gasteiger partial charge in [0.05, 0.1) is 17.3 Å². The summed E-state index contributed by atoms with van der Waals surface area (Å²) in [6.07, 6.45) is 6.76. The molecule has 1 aromatic heterocycles. The summed E-state index contributed by atoms with van der Waals surface area (Å²) in [5.74, 6) is 0. The molecule has 1 aliphatic rings. The number of nitrogens with zero attached hydrogens (tertiary/aromatic N) is 3. The zero-order chi connectivity index (χ0) is 11.8. The van der Waals surface area contributed by atoms with Gasteiger partial charge in [0.15, 0.2) is 0 Å². The predicted molar refractivity (Wildman–Crippen MR) is 63.0 cm³/mol. The van der Waals surface area contributed by atoms with E-state index in [-0.39, 0.29) is 0 Å². The number of nitriles is 1. The Morgan fingerprint density at radius 1 is 1.44 bits per heavy atom. The van der Waals surface area contributed by atoms with E-state index in [0.29, 0.717) is 17.0 Å². The zero-order valence-corrected chi connectivity index (χ0v) is 10.3. The van der Waals surface area contributed by atoms with Gasteiger partial charge in [0.1, 0.15) is 6.07 Å². The molecule has 0 amide bonds. The molecular formula is C13H19N3. The van der Waals surface area contributed by atoms with Crippen LogP contribution in [0.4, 0.5) is 0 Å². The number of hydrogen-bond donors (Lipinski definition) is 0. The minimum absolute atomic E-state index is 0.483. The molecule has 2 rings (SSSR count). The molecule has 0 spiro atoms. The highest BCUT2D eigenvalue weighted by Crippen LogP contribution is 2.39. The summed E-state index contributed by atoms with van der Waals surface area (Å²) in [5.41, 5.74) is 2.05. The second-order valence-electron chi connectivity index (χ2n) is 5.62. The van der Waals surface area contributed by atoms with E-state index in [9.17, 15) is 0 Å². The highest BCUT2D eigenvalue weighted by Gasteiger charge is 2.28. The predicted octanol–water partition coefficient (Wildman–Crippen LogP) is 3.20. The van der Waals surface area contributed by atoms with Crippen molar-refractivity contribution in [1.82, 2.24) is 9.78 Å². The molecule has 86 valence electrons. The topological polar surface area (TPSA) is 41.6 Å². The van der Waals surface area contributed by atoms with Crippen LogP contribution in [0.3, 0.4) is 0 Å². The van der Waals surface area contributed by atoms with Gasteiger partial charge in [-0.3, -0.25) is 4.68 Å². The van der Waals surface area contributed by atoms with Crippen LogP contribution in [0.1, 0.15) is 56.8 Å². The molecule has 1 saturated carbocycles. The average Bonchev–Trinajstić information content (AvgIpc) is 2.59. The first-order chi connectivity index (χ1) is 7.52. The third-order valence-corrected chi connectivity index (χ3v) is 3.72. The van der Waals surface area contributed by atoms with E-state index >= 15 is 0 Å². The zero-order valence-electron chi connectivity index (χ0n) is 10.3. The Kier molecular flexibility index (Phi) is 2.75. The van der Waals surface area contributed by atoms with Crippen LogP contribution < -0.4 is 0 Å². The van der Waals surface area contributed by atoms with Gasteiger partial charge in [-0.05, 0) is 38.0 Å². The van der Waals surface area contributed by atoms with E-state index in [1.165, 1.54) is 25.7 Å². The van der Waals surface area contributed by atoms with E-state index < -0.39 is 0 Å². The SMILES string of the molecule is Cc1nn(C2CCC(C)(C)CC2)cc1C#N. The summed E-state index contributed by atoms with van der Waals surface area (Å²) in [7, 11) is 0. The fourth-order valence-electron chi connectivity index (χ4n) is 2.43. The van der Waals surface area contributed by atoms with Crippen molar-refractivity contribution in [3.8, 4) is 6.07 Å². The van der Waals surface area contributed by atoms with E-state index in [1.54, 1.807) is 0 Å². The normalized spacial score (nSPS) is 20.6. The summed E-state index contributed by atoms with van der Waals surface area (Å²) in [4.78, 5) is 0. The maximum Gasteiger partial charge on any atom is 0.103 e. The first-order valence-corrected chi connectivity index (χ1v) is 5.98. The van der Waals surface area contributed by atoms with Crippen LogP contribution in [0.25, 0.3) is 0 Å². The van der Waals surface area contributed by atoms with Gasteiger partial charge in [0.25, 0.3) is 0 Å². The molecule has 1 fully saturated rings. The van der Waals surface area contributed by atoms with Gasteiger partial charge >= 0.3 is 0 Å². The molecule has 0 unspecified atom stereocenters. The monoisotopic (exact) mass is 217 g/mol. The van der Waals surface area contributed by atoms with E-state index in [2.05, 4.69) is 25.0 Å². The summed E-state index contributed by atoms with van der Waals surface area (Å²) >= 11 is 0. The van der Waals surface area contributed by atoms with Crippen LogP contribution in [0.15, 0.2) is 6.20 Å². The minimum Gasteiger partial charge on any atom is -0.268 e. The second kappa shape index (κ2) is 3.93. The molecule has 3 nitrogen and oxygen atoms in total. The van der Waals surface area contributed by atoms with Gasteiger partial charge < -0.3 is 0 Å². The fraction of sp³-hybridized carbons (Fsp3) is 0.692. The Morgan fingerprint density at radius 2 is 2.06 bits per heavy atom. The number of aryl methyl sites for hydroxylation is 1. The van der Waals surface area contributed by atoms with Crippen LogP contribution in [0, 0.1) is 23.7 Å². The lowest BCUT2D eigenvalue weighted by Gasteiger charge is -2.34. The van der Waals surface area contributed by atoms with Crippen molar-refractivity contribution in [2.45, 2.75) is 52.5 Å². The third-order valence-electron chi connectivity index (χ3n) is 3.72. The molecule has 0 aromatic carbocycles. The number of rotatable bonds is 1. The second-order valence-corrected chi connectivity index (χ2v) is 5.62. The van der Waals surface area contributed by atoms with Gasteiger partial charge in [-0.15, -0.1) is 0 Å². The summed E-state index contributed by atoms with van der Waals surface area (Å²) in [5, 5.41) is 13.4. The molecule has 0 aliphatic heterocycles. The largest absolute Gasteiger partial charge is 0.268 e. The van der Waals surface area contributed by atoms with Crippen LogP contribution >= 0.6 is 0 Å². The lowest BCUT2D eigenvalue weighted by molar-refractivity contribution is 0.186. The van der Waals surface area contributed by atoms with E-state index in [1.807, 2.05) is 17.8 Å². The molecule has 16 heavy (non-hydrogen) atoms. The summed E-state index contributed by atoms with van der Waals surface area (Å²) < 4.78 is 2.00. The average molecular weight is 217 g/mol. The molecule has 0 saturated heterocycles. The molecule has 1 aliphatic carbocycles. The Balaban J connectivity index is 2.12. The Labute approximate surface area is 97.1 Å². The number of aromatic nitrogens is 2. The van der Waals surface area contributed by atoms with Crippen molar-refractivity contribution in [2.75, 3.05) is 0 Å². The van der Waals surface area contributed by atoms with Gasteiger partial charge in [-0.25, -0.2) is 0 Å². The van der Waals surface area contributed by atoms with Crippen molar-refractivity contribution in [1.29, 1.82) is 5.26 Å². The van der Waals surface area contributed by atoms with Gasteiger partial charge in [-0.1, -0.05) is 13.8 Å². The molecule has 0 bridgehead atoms. The van der Waals surface area contributed by atoms with E-state index in [4.69, 9.17) is 5.26 Å². The molecular weight excluding hydrogens is 198 g/mol. The van der Waals surface area contributed by atoms with Gasteiger partial charge in [-0.2, -0.15) is 10.4 Å². The standard InChI is InChI=1S/C13H19N3/c1-10-11(8-14)9-16(15-10)12-4-6-13(2,3)7-5-12/h9,12H,4-7H2,1-3H3. The lowest BCUT2D eigenvalue weighted by Crippen LogP contribution is -2.23. The first-order valence-electron chi connectivity index (χ1n) is 5.98. The van der Waals surface area contributed by atoms with Crippen molar-refractivity contribution >= 4 is 0 Å².